The zero-order valence-corrected chi connectivity index (χ0v) is 20.9. The van der Waals surface area contributed by atoms with Gasteiger partial charge in [-0.05, 0) is 44.7 Å². The molecule has 0 atom stereocenters. The summed E-state index contributed by atoms with van der Waals surface area (Å²) < 4.78 is 5.25. The SMILES string of the molecule is CCNC(=NCCC(c1ccccc1)c1ccccc1)NCCc1c(C)noc1C.I. The number of nitrogens with one attached hydrogen (secondary N) is 2. The summed E-state index contributed by atoms with van der Waals surface area (Å²) in [5, 5.41) is 10.8. The molecule has 0 saturated heterocycles. The summed E-state index contributed by atoms with van der Waals surface area (Å²) in [6.07, 6.45) is 1.82. The Morgan fingerprint density at radius 2 is 1.58 bits per heavy atom. The lowest BCUT2D eigenvalue weighted by molar-refractivity contribution is 0.392. The lowest BCUT2D eigenvalue weighted by atomic mass is 9.89. The Balaban J connectivity index is 0.00000341. The maximum absolute atomic E-state index is 5.25. The van der Waals surface area contributed by atoms with Crippen LogP contribution in [0, 0.1) is 13.8 Å². The lowest BCUT2D eigenvalue weighted by Crippen LogP contribution is -2.38. The first kappa shape index (κ1) is 24.9. The first-order valence-corrected chi connectivity index (χ1v) is 10.7. The van der Waals surface area contributed by atoms with Crippen LogP contribution in [0.1, 0.15) is 47.4 Å². The smallest absolute Gasteiger partial charge is 0.191 e. The minimum Gasteiger partial charge on any atom is -0.361 e. The van der Waals surface area contributed by atoms with E-state index >= 15 is 0 Å². The van der Waals surface area contributed by atoms with E-state index in [0.717, 1.165) is 49.9 Å². The second kappa shape index (κ2) is 13.1. The molecule has 31 heavy (non-hydrogen) atoms. The van der Waals surface area contributed by atoms with Gasteiger partial charge in [-0.25, -0.2) is 0 Å². The third-order valence-electron chi connectivity index (χ3n) is 5.28. The van der Waals surface area contributed by atoms with Crippen molar-refractivity contribution in [1.82, 2.24) is 15.8 Å². The largest absolute Gasteiger partial charge is 0.361 e. The summed E-state index contributed by atoms with van der Waals surface area (Å²) in [6, 6.07) is 21.4. The second-order valence-electron chi connectivity index (χ2n) is 7.40. The highest BCUT2D eigenvalue weighted by atomic mass is 127. The van der Waals surface area contributed by atoms with Crippen LogP contribution in [0.25, 0.3) is 0 Å². The van der Waals surface area contributed by atoms with Crippen LogP contribution >= 0.6 is 24.0 Å². The second-order valence-corrected chi connectivity index (χ2v) is 7.40. The van der Waals surface area contributed by atoms with Crippen LogP contribution in [0.3, 0.4) is 0 Å². The van der Waals surface area contributed by atoms with Crippen molar-refractivity contribution in [3.63, 3.8) is 0 Å². The Bertz CT molecular complexity index is 866. The van der Waals surface area contributed by atoms with Gasteiger partial charge < -0.3 is 15.2 Å². The van der Waals surface area contributed by atoms with E-state index in [4.69, 9.17) is 9.52 Å². The van der Waals surface area contributed by atoms with Gasteiger partial charge in [0.2, 0.25) is 0 Å². The molecule has 0 unspecified atom stereocenters. The molecule has 6 heteroatoms. The highest BCUT2D eigenvalue weighted by molar-refractivity contribution is 14.0. The molecule has 3 rings (SSSR count). The topological polar surface area (TPSA) is 62.5 Å². The van der Waals surface area contributed by atoms with Crippen molar-refractivity contribution in [3.05, 3.63) is 88.8 Å². The molecule has 0 radical (unpaired) electrons. The molecule has 1 heterocycles. The molecule has 0 bridgehead atoms. The third-order valence-corrected chi connectivity index (χ3v) is 5.28. The van der Waals surface area contributed by atoms with Crippen LogP contribution in [0.15, 0.2) is 70.2 Å². The molecule has 0 aliphatic heterocycles. The highest BCUT2D eigenvalue weighted by Crippen LogP contribution is 2.27. The Morgan fingerprint density at radius 3 is 2.10 bits per heavy atom. The van der Waals surface area contributed by atoms with Gasteiger partial charge in [0.05, 0.1) is 5.69 Å². The zero-order chi connectivity index (χ0) is 21.2. The molecular formula is C25H33IN4O. The van der Waals surface area contributed by atoms with E-state index in [9.17, 15) is 0 Å². The number of benzene rings is 2. The van der Waals surface area contributed by atoms with Crippen molar-refractivity contribution in [2.24, 2.45) is 4.99 Å². The fourth-order valence-corrected chi connectivity index (χ4v) is 3.71. The summed E-state index contributed by atoms with van der Waals surface area (Å²) in [7, 11) is 0. The van der Waals surface area contributed by atoms with Crippen LogP contribution in [0.4, 0.5) is 0 Å². The number of rotatable bonds is 9. The first-order valence-electron chi connectivity index (χ1n) is 10.7. The van der Waals surface area contributed by atoms with Gasteiger partial charge in [-0.15, -0.1) is 24.0 Å². The summed E-state index contributed by atoms with van der Waals surface area (Å²) >= 11 is 0. The molecule has 2 aromatic carbocycles. The van der Waals surface area contributed by atoms with Gasteiger partial charge in [0.1, 0.15) is 5.76 Å². The van der Waals surface area contributed by atoms with Crippen molar-refractivity contribution >= 4 is 29.9 Å². The molecule has 0 saturated carbocycles. The van der Waals surface area contributed by atoms with Crippen molar-refractivity contribution < 1.29 is 4.52 Å². The predicted molar refractivity (Wildman–Crippen MR) is 138 cm³/mol. The number of hydrogen-bond acceptors (Lipinski definition) is 3. The van der Waals surface area contributed by atoms with E-state index in [1.807, 2.05) is 13.8 Å². The molecule has 0 amide bonds. The number of aliphatic imine (C=N–C) groups is 1. The Kier molecular flexibility index (Phi) is 10.6. The molecule has 0 aliphatic carbocycles. The Hall–Kier alpha value is -2.35. The molecule has 5 nitrogen and oxygen atoms in total. The average Bonchev–Trinajstić information content (AvgIpc) is 3.10. The third kappa shape index (κ3) is 7.38. The van der Waals surface area contributed by atoms with Gasteiger partial charge in [0.15, 0.2) is 5.96 Å². The summed E-state index contributed by atoms with van der Waals surface area (Å²) in [6.45, 7) is 8.39. The highest BCUT2D eigenvalue weighted by Gasteiger charge is 2.13. The van der Waals surface area contributed by atoms with Gasteiger partial charge in [0.25, 0.3) is 0 Å². The van der Waals surface area contributed by atoms with Crippen LogP contribution in [0.5, 0.6) is 0 Å². The summed E-state index contributed by atoms with van der Waals surface area (Å²) in [5.74, 6) is 2.08. The van der Waals surface area contributed by atoms with E-state index in [0.29, 0.717) is 5.92 Å². The summed E-state index contributed by atoms with van der Waals surface area (Å²) in [5.41, 5.74) is 4.79. The molecule has 3 aromatic rings. The zero-order valence-electron chi connectivity index (χ0n) is 18.6. The molecule has 0 aliphatic rings. The molecule has 2 N–H and O–H groups in total. The fraction of sp³-hybridized carbons (Fsp3) is 0.360. The molecule has 166 valence electrons. The molecule has 1 aromatic heterocycles. The molecule has 0 fully saturated rings. The first-order chi connectivity index (χ1) is 14.7. The maximum Gasteiger partial charge on any atom is 0.191 e. The number of hydrogen-bond donors (Lipinski definition) is 2. The number of nitrogens with zero attached hydrogens (tertiary/aromatic N) is 2. The number of aryl methyl sites for hydroxylation is 2. The van der Waals surface area contributed by atoms with Gasteiger partial charge in [-0.1, -0.05) is 65.8 Å². The van der Waals surface area contributed by atoms with Crippen molar-refractivity contribution in [2.45, 2.75) is 39.5 Å². The Morgan fingerprint density at radius 1 is 0.968 bits per heavy atom. The standard InChI is InChI=1S/C25H32N4O.HI/c1-4-26-25(27-17-15-23-19(2)29-30-20(23)3)28-18-16-24(21-11-7-5-8-12-21)22-13-9-6-10-14-22;/h5-14,24H,4,15-18H2,1-3H3,(H2,26,27,28);1H. The van der Waals surface area contributed by atoms with Crippen LogP contribution in [-0.2, 0) is 6.42 Å². The minimum atomic E-state index is 0. The number of guanidine groups is 1. The van der Waals surface area contributed by atoms with E-state index in [2.05, 4.69) is 83.4 Å². The minimum absolute atomic E-state index is 0. The van der Waals surface area contributed by atoms with Gasteiger partial charge >= 0.3 is 0 Å². The van der Waals surface area contributed by atoms with Gasteiger partial charge in [0, 0.05) is 31.1 Å². The van der Waals surface area contributed by atoms with E-state index in [1.54, 1.807) is 0 Å². The quantitative estimate of drug-likeness (QED) is 0.225. The summed E-state index contributed by atoms with van der Waals surface area (Å²) in [4.78, 5) is 4.82. The number of halogens is 1. The fourth-order valence-electron chi connectivity index (χ4n) is 3.71. The van der Waals surface area contributed by atoms with Crippen LogP contribution in [0.2, 0.25) is 0 Å². The van der Waals surface area contributed by atoms with Crippen molar-refractivity contribution in [3.8, 4) is 0 Å². The molecular weight excluding hydrogens is 499 g/mol. The van der Waals surface area contributed by atoms with Gasteiger partial charge in [-0.3, -0.25) is 4.99 Å². The van der Waals surface area contributed by atoms with E-state index in [1.165, 1.54) is 16.7 Å². The Labute approximate surface area is 202 Å². The molecule has 0 spiro atoms. The maximum atomic E-state index is 5.25. The van der Waals surface area contributed by atoms with Crippen LogP contribution in [-0.4, -0.2) is 30.8 Å². The van der Waals surface area contributed by atoms with Crippen molar-refractivity contribution in [2.75, 3.05) is 19.6 Å². The predicted octanol–water partition coefficient (Wildman–Crippen LogP) is 5.23. The van der Waals surface area contributed by atoms with E-state index < -0.39 is 0 Å². The normalized spacial score (nSPS) is 11.3. The van der Waals surface area contributed by atoms with Gasteiger partial charge in [-0.2, -0.15) is 0 Å². The van der Waals surface area contributed by atoms with E-state index in [-0.39, 0.29) is 24.0 Å². The monoisotopic (exact) mass is 532 g/mol. The van der Waals surface area contributed by atoms with Crippen molar-refractivity contribution in [1.29, 1.82) is 0 Å². The lowest BCUT2D eigenvalue weighted by Gasteiger charge is -2.18. The van der Waals surface area contributed by atoms with Crippen LogP contribution < -0.4 is 10.6 Å². The number of aromatic nitrogens is 1. The average molecular weight is 532 g/mol.